The second kappa shape index (κ2) is 5.19. The fourth-order valence-corrected chi connectivity index (χ4v) is 2.85. The van der Waals surface area contributed by atoms with Gasteiger partial charge < -0.3 is 5.32 Å². The molecule has 0 amide bonds. The van der Waals surface area contributed by atoms with Crippen LogP contribution in [0.1, 0.15) is 65.9 Å². The Kier molecular flexibility index (Phi) is 3.94. The first kappa shape index (κ1) is 14.4. The summed E-state index contributed by atoms with van der Waals surface area (Å²) >= 11 is 0. The molecule has 1 aliphatic carbocycles. The monoisotopic (exact) mass is 259 g/mol. The summed E-state index contributed by atoms with van der Waals surface area (Å²) < 4.78 is 0. The highest BCUT2D eigenvalue weighted by molar-refractivity contribution is 5.46. The molecule has 1 N–H and O–H groups in total. The Labute approximate surface area is 118 Å². The largest absolute Gasteiger partial charge is 0.382 e. The van der Waals surface area contributed by atoms with Gasteiger partial charge in [-0.15, -0.1) is 0 Å². The van der Waals surface area contributed by atoms with E-state index in [9.17, 15) is 0 Å². The number of benzene rings is 1. The third-order valence-electron chi connectivity index (χ3n) is 4.46. The van der Waals surface area contributed by atoms with Crippen LogP contribution in [0.15, 0.2) is 24.3 Å². The Hall–Kier alpha value is -0.980. The number of nitrogens with one attached hydrogen (secondary N) is 1. The van der Waals surface area contributed by atoms with Gasteiger partial charge >= 0.3 is 0 Å². The van der Waals surface area contributed by atoms with Gasteiger partial charge in [0.1, 0.15) is 0 Å². The Morgan fingerprint density at radius 2 is 1.53 bits per heavy atom. The summed E-state index contributed by atoms with van der Waals surface area (Å²) in [6, 6.07) is 9.65. The van der Waals surface area contributed by atoms with Gasteiger partial charge in [0.15, 0.2) is 0 Å². The van der Waals surface area contributed by atoms with Gasteiger partial charge in [-0.05, 0) is 54.2 Å². The van der Waals surface area contributed by atoms with E-state index in [2.05, 4.69) is 64.2 Å². The summed E-state index contributed by atoms with van der Waals surface area (Å²) in [6.45, 7) is 11.6. The van der Waals surface area contributed by atoms with E-state index in [-0.39, 0.29) is 5.41 Å². The van der Waals surface area contributed by atoms with Crippen LogP contribution in [0.25, 0.3) is 0 Å². The van der Waals surface area contributed by atoms with Crippen LogP contribution < -0.4 is 5.32 Å². The molecule has 0 unspecified atom stereocenters. The molecule has 0 saturated heterocycles. The lowest BCUT2D eigenvalue weighted by Gasteiger charge is -2.35. The van der Waals surface area contributed by atoms with Gasteiger partial charge in [-0.25, -0.2) is 0 Å². The fourth-order valence-electron chi connectivity index (χ4n) is 2.85. The third-order valence-corrected chi connectivity index (χ3v) is 4.46. The molecular weight excluding hydrogens is 230 g/mol. The van der Waals surface area contributed by atoms with Gasteiger partial charge in [0.05, 0.1) is 0 Å². The maximum atomic E-state index is 3.70. The highest BCUT2D eigenvalue weighted by Crippen LogP contribution is 2.36. The Morgan fingerprint density at radius 1 is 1.00 bits per heavy atom. The van der Waals surface area contributed by atoms with Crippen LogP contribution in [0.4, 0.5) is 5.69 Å². The van der Waals surface area contributed by atoms with Crippen LogP contribution in [0.5, 0.6) is 0 Å². The van der Waals surface area contributed by atoms with Crippen molar-refractivity contribution >= 4 is 5.69 Å². The van der Waals surface area contributed by atoms with Gasteiger partial charge in [-0.3, -0.25) is 0 Å². The van der Waals surface area contributed by atoms with Crippen molar-refractivity contribution in [1.82, 2.24) is 0 Å². The highest BCUT2D eigenvalue weighted by Gasteiger charge is 2.26. The van der Waals surface area contributed by atoms with E-state index >= 15 is 0 Å². The molecule has 1 fully saturated rings. The van der Waals surface area contributed by atoms with Crippen LogP contribution in [-0.4, -0.2) is 6.04 Å². The maximum absolute atomic E-state index is 3.70. The van der Waals surface area contributed by atoms with Crippen molar-refractivity contribution in [2.24, 2.45) is 5.41 Å². The minimum absolute atomic E-state index is 0.243. The molecule has 0 atom stereocenters. The van der Waals surface area contributed by atoms with Crippen molar-refractivity contribution in [2.45, 2.75) is 71.8 Å². The Balaban J connectivity index is 1.94. The highest BCUT2D eigenvalue weighted by atomic mass is 14.9. The van der Waals surface area contributed by atoms with Crippen LogP contribution >= 0.6 is 0 Å². The summed E-state index contributed by atoms with van der Waals surface area (Å²) in [5.41, 5.74) is 3.47. The maximum Gasteiger partial charge on any atom is 0.0342 e. The van der Waals surface area contributed by atoms with Gasteiger partial charge in [-0.1, -0.05) is 46.8 Å². The van der Waals surface area contributed by atoms with Gasteiger partial charge in [0, 0.05) is 11.7 Å². The summed E-state index contributed by atoms with van der Waals surface area (Å²) in [4.78, 5) is 0. The third kappa shape index (κ3) is 3.99. The smallest absolute Gasteiger partial charge is 0.0342 e. The van der Waals surface area contributed by atoms with E-state index in [1.54, 1.807) is 0 Å². The molecule has 0 aliphatic heterocycles. The Bertz CT molecular complexity index is 398. The molecule has 1 heteroatoms. The van der Waals surface area contributed by atoms with E-state index < -0.39 is 0 Å². The van der Waals surface area contributed by atoms with E-state index in [4.69, 9.17) is 0 Å². The van der Waals surface area contributed by atoms with Gasteiger partial charge in [0.2, 0.25) is 0 Å². The predicted octanol–water partition coefficient (Wildman–Crippen LogP) is 5.36. The molecule has 0 radical (unpaired) electrons. The lowest BCUT2D eigenvalue weighted by atomic mass is 9.75. The molecule has 0 heterocycles. The molecule has 106 valence electrons. The zero-order valence-electron chi connectivity index (χ0n) is 13.2. The average Bonchev–Trinajstić information content (AvgIpc) is 2.31. The van der Waals surface area contributed by atoms with E-state index in [0.29, 0.717) is 11.5 Å². The molecule has 2 rings (SSSR count). The van der Waals surface area contributed by atoms with E-state index in [0.717, 1.165) is 0 Å². The molecule has 1 aromatic carbocycles. The van der Waals surface area contributed by atoms with Crippen molar-refractivity contribution in [1.29, 1.82) is 0 Å². The second-order valence-corrected chi connectivity index (χ2v) is 7.91. The molecule has 0 spiro atoms. The minimum Gasteiger partial charge on any atom is -0.382 e. The topological polar surface area (TPSA) is 12.0 Å². The lowest BCUT2D eigenvalue weighted by molar-refractivity contribution is 0.232. The number of hydrogen-bond acceptors (Lipinski definition) is 1. The summed E-state index contributed by atoms with van der Waals surface area (Å²) in [5, 5.41) is 3.70. The van der Waals surface area contributed by atoms with Crippen molar-refractivity contribution < 1.29 is 0 Å². The molecule has 1 nitrogen and oxygen atoms in total. The minimum atomic E-state index is 0.243. The van der Waals surface area contributed by atoms with Crippen LogP contribution in [0, 0.1) is 5.41 Å². The number of hydrogen-bond donors (Lipinski definition) is 1. The molecule has 0 aromatic heterocycles. The fraction of sp³-hybridized carbons (Fsp3) is 0.667. The average molecular weight is 259 g/mol. The van der Waals surface area contributed by atoms with Gasteiger partial charge in [0.25, 0.3) is 0 Å². The summed E-state index contributed by atoms with van der Waals surface area (Å²) in [5.74, 6) is 0. The number of anilines is 1. The number of rotatable bonds is 2. The zero-order valence-corrected chi connectivity index (χ0v) is 13.2. The van der Waals surface area contributed by atoms with Gasteiger partial charge in [-0.2, -0.15) is 0 Å². The standard InChI is InChI=1S/C18H29N/c1-17(2,3)14-6-8-15(9-7-14)19-16-10-12-18(4,5)13-11-16/h6-9,16,19H,10-13H2,1-5H3. The normalized spacial score (nSPS) is 20.3. The zero-order chi connectivity index (χ0) is 14.1. The van der Waals surface area contributed by atoms with Crippen molar-refractivity contribution in [3.63, 3.8) is 0 Å². The molecule has 1 aromatic rings. The van der Waals surface area contributed by atoms with Crippen molar-refractivity contribution in [3.05, 3.63) is 29.8 Å². The first-order valence-electron chi connectivity index (χ1n) is 7.63. The molecule has 19 heavy (non-hydrogen) atoms. The first-order valence-corrected chi connectivity index (χ1v) is 7.63. The molecule has 0 bridgehead atoms. The second-order valence-electron chi connectivity index (χ2n) is 7.91. The summed E-state index contributed by atoms with van der Waals surface area (Å²) in [6.07, 6.45) is 5.28. The first-order chi connectivity index (χ1) is 8.76. The van der Waals surface area contributed by atoms with Crippen LogP contribution in [0.3, 0.4) is 0 Å². The van der Waals surface area contributed by atoms with Crippen LogP contribution in [-0.2, 0) is 5.41 Å². The Morgan fingerprint density at radius 3 is 2.00 bits per heavy atom. The summed E-state index contributed by atoms with van der Waals surface area (Å²) in [7, 11) is 0. The molecule has 1 saturated carbocycles. The quantitative estimate of drug-likeness (QED) is 0.753. The van der Waals surface area contributed by atoms with Crippen LogP contribution in [0.2, 0.25) is 0 Å². The van der Waals surface area contributed by atoms with E-state index in [1.807, 2.05) is 0 Å². The van der Waals surface area contributed by atoms with Crippen molar-refractivity contribution in [3.8, 4) is 0 Å². The molecular formula is C18H29N. The SMILES string of the molecule is CC1(C)CCC(Nc2ccc(C(C)(C)C)cc2)CC1. The predicted molar refractivity (Wildman–Crippen MR) is 84.8 cm³/mol. The lowest BCUT2D eigenvalue weighted by Crippen LogP contribution is -2.29. The molecule has 1 aliphatic rings. The van der Waals surface area contributed by atoms with E-state index in [1.165, 1.54) is 36.9 Å². The van der Waals surface area contributed by atoms with Crippen molar-refractivity contribution in [2.75, 3.05) is 5.32 Å².